The molecule has 1 aromatic rings. The third-order valence-corrected chi connectivity index (χ3v) is 5.37. The molecule has 20 heavy (non-hydrogen) atoms. The van der Waals surface area contributed by atoms with Crippen LogP contribution in [0.1, 0.15) is 38.2 Å². The van der Waals surface area contributed by atoms with Crippen molar-refractivity contribution >= 4 is 5.69 Å². The third kappa shape index (κ3) is 2.33. The van der Waals surface area contributed by atoms with Gasteiger partial charge in [0.2, 0.25) is 0 Å². The summed E-state index contributed by atoms with van der Waals surface area (Å²) in [5.41, 5.74) is 8.88. The van der Waals surface area contributed by atoms with Crippen LogP contribution in [0.15, 0.2) is 24.3 Å². The van der Waals surface area contributed by atoms with Crippen molar-refractivity contribution < 1.29 is 5.11 Å². The SMILES string of the molecule is CC1Cc2ccccc2N1CCC1CCCC1(N)CO. The van der Waals surface area contributed by atoms with Crippen LogP contribution in [-0.2, 0) is 6.42 Å². The molecule has 3 heteroatoms. The normalized spacial score (nSPS) is 32.6. The maximum absolute atomic E-state index is 9.56. The minimum atomic E-state index is -0.331. The Balaban J connectivity index is 1.67. The summed E-state index contributed by atoms with van der Waals surface area (Å²) in [5, 5.41) is 9.56. The number of nitrogens with two attached hydrogens (primary N) is 1. The maximum atomic E-state index is 9.56. The highest BCUT2D eigenvalue weighted by molar-refractivity contribution is 5.59. The second kappa shape index (κ2) is 5.38. The van der Waals surface area contributed by atoms with Crippen molar-refractivity contribution in [1.82, 2.24) is 0 Å². The fraction of sp³-hybridized carbons (Fsp3) is 0.647. The van der Waals surface area contributed by atoms with Crippen LogP contribution in [0.25, 0.3) is 0 Å². The van der Waals surface area contributed by atoms with Gasteiger partial charge in [-0.3, -0.25) is 0 Å². The minimum Gasteiger partial charge on any atom is -0.394 e. The van der Waals surface area contributed by atoms with Gasteiger partial charge in [0, 0.05) is 23.8 Å². The minimum absolute atomic E-state index is 0.129. The molecule has 1 aromatic carbocycles. The molecule has 3 unspecified atom stereocenters. The largest absolute Gasteiger partial charge is 0.394 e. The Kier molecular flexibility index (Phi) is 3.74. The number of nitrogens with zero attached hydrogens (tertiary/aromatic N) is 1. The number of hydrogen-bond acceptors (Lipinski definition) is 3. The van der Waals surface area contributed by atoms with Gasteiger partial charge in [-0.2, -0.15) is 0 Å². The van der Waals surface area contributed by atoms with E-state index in [9.17, 15) is 5.11 Å². The van der Waals surface area contributed by atoms with E-state index >= 15 is 0 Å². The summed E-state index contributed by atoms with van der Waals surface area (Å²) in [7, 11) is 0. The second-order valence-electron chi connectivity index (χ2n) is 6.64. The summed E-state index contributed by atoms with van der Waals surface area (Å²) < 4.78 is 0. The summed E-state index contributed by atoms with van der Waals surface area (Å²) >= 11 is 0. The van der Waals surface area contributed by atoms with Crippen molar-refractivity contribution in [3.8, 4) is 0 Å². The van der Waals surface area contributed by atoms with Gasteiger partial charge in [0.15, 0.2) is 0 Å². The Morgan fingerprint density at radius 1 is 1.40 bits per heavy atom. The van der Waals surface area contributed by atoms with Crippen molar-refractivity contribution in [2.75, 3.05) is 18.1 Å². The first-order valence-corrected chi connectivity index (χ1v) is 7.88. The third-order valence-electron chi connectivity index (χ3n) is 5.37. The zero-order valence-corrected chi connectivity index (χ0v) is 12.4. The molecule has 0 amide bonds. The molecule has 1 aliphatic carbocycles. The van der Waals surface area contributed by atoms with E-state index < -0.39 is 0 Å². The Morgan fingerprint density at radius 3 is 3.00 bits per heavy atom. The number of fused-ring (bicyclic) bond motifs is 1. The van der Waals surface area contributed by atoms with Gasteiger partial charge in [-0.05, 0) is 50.2 Å². The lowest BCUT2D eigenvalue weighted by Gasteiger charge is -2.32. The van der Waals surface area contributed by atoms with Gasteiger partial charge in [0.05, 0.1) is 6.61 Å². The van der Waals surface area contributed by atoms with Crippen molar-refractivity contribution in [1.29, 1.82) is 0 Å². The summed E-state index contributed by atoms with van der Waals surface area (Å²) in [5.74, 6) is 0.465. The predicted molar refractivity (Wildman–Crippen MR) is 82.9 cm³/mol. The first-order chi connectivity index (χ1) is 9.64. The highest BCUT2D eigenvalue weighted by Gasteiger charge is 2.39. The van der Waals surface area contributed by atoms with Gasteiger partial charge in [-0.1, -0.05) is 24.6 Å². The lowest BCUT2D eigenvalue weighted by atomic mass is 9.86. The molecular formula is C17H26N2O. The number of para-hydroxylation sites is 1. The van der Waals surface area contributed by atoms with E-state index in [1.807, 2.05) is 0 Å². The predicted octanol–water partition coefficient (Wildman–Crippen LogP) is 2.32. The zero-order valence-electron chi connectivity index (χ0n) is 12.4. The monoisotopic (exact) mass is 274 g/mol. The summed E-state index contributed by atoms with van der Waals surface area (Å²) in [6.45, 7) is 3.49. The van der Waals surface area contributed by atoms with E-state index in [0.717, 1.165) is 32.2 Å². The second-order valence-corrected chi connectivity index (χ2v) is 6.64. The molecule has 0 spiro atoms. The van der Waals surface area contributed by atoms with E-state index in [4.69, 9.17) is 5.73 Å². The van der Waals surface area contributed by atoms with Crippen LogP contribution in [0.5, 0.6) is 0 Å². The molecule has 0 radical (unpaired) electrons. The number of aliphatic hydroxyl groups excluding tert-OH is 1. The van der Waals surface area contributed by atoms with Crippen LogP contribution in [0.4, 0.5) is 5.69 Å². The maximum Gasteiger partial charge on any atom is 0.0613 e. The molecule has 110 valence electrons. The van der Waals surface area contributed by atoms with Gasteiger partial charge in [0.1, 0.15) is 0 Å². The molecular weight excluding hydrogens is 248 g/mol. The molecule has 1 saturated carbocycles. The highest BCUT2D eigenvalue weighted by atomic mass is 16.3. The van der Waals surface area contributed by atoms with Crippen LogP contribution >= 0.6 is 0 Å². The van der Waals surface area contributed by atoms with E-state index in [2.05, 4.69) is 36.1 Å². The van der Waals surface area contributed by atoms with Gasteiger partial charge >= 0.3 is 0 Å². The Morgan fingerprint density at radius 2 is 2.20 bits per heavy atom. The van der Waals surface area contributed by atoms with E-state index in [1.54, 1.807) is 0 Å². The van der Waals surface area contributed by atoms with Crippen LogP contribution in [0.2, 0.25) is 0 Å². The van der Waals surface area contributed by atoms with E-state index in [0.29, 0.717) is 12.0 Å². The molecule has 3 rings (SSSR count). The topological polar surface area (TPSA) is 49.5 Å². The highest BCUT2D eigenvalue weighted by Crippen LogP contribution is 2.38. The molecule has 0 aromatic heterocycles. The molecule has 2 aliphatic rings. The Labute approximate surface area is 121 Å². The number of benzene rings is 1. The first kappa shape index (κ1) is 13.9. The van der Waals surface area contributed by atoms with Crippen molar-refractivity contribution in [2.45, 2.75) is 50.6 Å². The summed E-state index contributed by atoms with van der Waals surface area (Å²) in [4.78, 5) is 2.52. The molecule has 0 bridgehead atoms. The van der Waals surface area contributed by atoms with Gasteiger partial charge in [-0.25, -0.2) is 0 Å². The summed E-state index contributed by atoms with van der Waals surface area (Å²) in [6.07, 6.45) is 5.54. The van der Waals surface area contributed by atoms with E-state index in [1.165, 1.54) is 17.7 Å². The van der Waals surface area contributed by atoms with Gasteiger partial charge in [0.25, 0.3) is 0 Å². The summed E-state index contributed by atoms with van der Waals surface area (Å²) in [6, 6.07) is 9.30. The average Bonchev–Trinajstić information content (AvgIpc) is 2.97. The lowest BCUT2D eigenvalue weighted by Crippen LogP contribution is -2.48. The number of hydrogen-bond donors (Lipinski definition) is 2. The van der Waals surface area contributed by atoms with Gasteiger partial charge < -0.3 is 15.7 Å². The number of rotatable bonds is 4. The molecule has 3 nitrogen and oxygen atoms in total. The van der Waals surface area contributed by atoms with Gasteiger partial charge in [-0.15, -0.1) is 0 Å². The molecule has 1 heterocycles. The molecule has 3 N–H and O–H groups in total. The van der Waals surface area contributed by atoms with E-state index in [-0.39, 0.29) is 12.1 Å². The fourth-order valence-electron chi connectivity index (χ4n) is 4.07. The fourth-order valence-corrected chi connectivity index (χ4v) is 4.07. The smallest absolute Gasteiger partial charge is 0.0613 e. The lowest BCUT2D eigenvalue weighted by molar-refractivity contribution is 0.156. The van der Waals surface area contributed by atoms with Crippen LogP contribution in [0, 0.1) is 5.92 Å². The molecule has 0 saturated heterocycles. The van der Waals surface area contributed by atoms with Crippen molar-refractivity contribution in [3.63, 3.8) is 0 Å². The standard InChI is InChI=1S/C17H26N2O/c1-13-11-14-5-2-3-7-16(14)19(13)10-8-15-6-4-9-17(15,18)12-20/h2-3,5,7,13,15,20H,4,6,8-12,18H2,1H3. The van der Waals surface area contributed by atoms with Crippen LogP contribution < -0.4 is 10.6 Å². The Hall–Kier alpha value is -1.06. The molecule has 1 aliphatic heterocycles. The molecule has 3 atom stereocenters. The first-order valence-electron chi connectivity index (χ1n) is 7.88. The van der Waals surface area contributed by atoms with Crippen LogP contribution in [-0.4, -0.2) is 29.8 Å². The zero-order chi connectivity index (χ0) is 14.2. The van der Waals surface area contributed by atoms with Crippen molar-refractivity contribution in [2.24, 2.45) is 11.7 Å². The quantitative estimate of drug-likeness (QED) is 0.886. The van der Waals surface area contributed by atoms with Crippen LogP contribution in [0.3, 0.4) is 0 Å². The number of aliphatic hydroxyl groups is 1. The van der Waals surface area contributed by atoms with Crippen molar-refractivity contribution in [3.05, 3.63) is 29.8 Å². The number of anilines is 1. The average molecular weight is 274 g/mol. The Bertz CT molecular complexity index is 476. The molecule has 1 fully saturated rings.